The number of carboxylic acids is 1. The largest absolute Gasteiger partial charge is 0.480 e. The van der Waals surface area contributed by atoms with Gasteiger partial charge in [0.05, 0.1) is 11.6 Å². The van der Waals surface area contributed by atoms with Gasteiger partial charge in [0.2, 0.25) is 11.8 Å². The van der Waals surface area contributed by atoms with Crippen LogP contribution in [0.15, 0.2) is 54.6 Å². The van der Waals surface area contributed by atoms with Crippen molar-refractivity contribution in [2.75, 3.05) is 0 Å². The number of amides is 2. The number of benzene rings is 2. The van der Waals surface area contributed by atoms with Gasteiger partial charge in [0.1, 0.15) is 12.1 Å². The summed E-state index contributed by atoms with van der Waals surface area (Å²) >= 11 is 0. The van der Waals surface area contributed by atoms with Gasteiger partial charge in [-0.2, -0.15) is 5.26 Å². The van der Waals surface area contributed by atoms with E-state index >= 15 is 0 Å². The van der Waals surface area contributed by atoms with Crippen LogP contribution in [0.1, 0.15) is 29.5 Å². The second-order valence-electron chi connectivity index (χ2n) is 6.97. The number of nitriles is 1. The molecule has 29 heavy (non-hydrogen) atoms. The van der Waals surface area contributed by atoms with Crippen molar-refractivity contribution in [1.82, 2.24) is 10.2 Å². The highest BCUT2D eigenvalue weighted by atomic mass is 16.4. The molecule has 0 saturated carbocycles. The van der Waals surface area contributed by atoms with E-state index in [9.17, 15) is 19.5 Å². The van der Waals surface area contributed by atoms with Crippen LogP contribution in [0.25, 0.3) is 0 Å². The average Bonchev–Trinajstić information content (AvgIpc) is 3.09. The molecule has 0 bridgehead atoms. The fourth-order valence-electron chi connectivity index (χ4n) is 3.40. The number of nitrogens with zero attached hydrogens (tertiary/aromatic N) is 2. The Morgan fingerprint density at radius 2 is 1.83 bits per heavy atom. The molecule has 1 fully saturated rings. The maximum Gasteiger partial charge on any atom is 0.326 e. The molecule has 1 aliphatic rings. The Bertz CT molecular complexity index is 935. The molecule has 2 aromatic carbocycles. The molecule has 2 aromatic rings. The van der Waals surface area contributed by atoms with E-state index in [1.807, 2.05) is 36.4 Å². The molecule has 0 spiro atoms. The van der Waals surface area contributed by atoms with E-state index in [0.717, 1.165) is 5.56 Å². The van der Waals surface area contributed by atoms with Crippen molar-refractivity contribution in [3.8, 4) is 6.07 Å². The molecule has 2 amide bonds. The summed E-state index contributed by atoms with van der Waals surface area (Å²) in [5.74, 6) is -1.73. The summed E-state index contributed by atoms with van der Waals surface area (Å²) in [5.41, 5.74) is 2.08. The minimum Gasteiger partial charge on any atom is -0.480 e. The number of hydrogen-bond acceptors (Lipinski definition) is 4. The normalized spacial score (nSPS) is 16.9. The standard InChI is InChI=1S/C22H21N3O4/c23-13-16-8-6-15(7-9-16)12-18(22(28)29)24-21(27)19-10-11-20(26)25(19)14-17-4-2-1-3-5-17/h1-9,18-19H,10-12,14H2,(H,24,27)(H,28,29)/t18-,19-/m0/s1. The minimum atomic E-state index is -1.15. The molecule has 0 unspecified atom stereocenters. The quantitative estimate of drug-likeness (QED) is 0.749. The van der Waals surface area contributed by atoms with Crippen molar-refractivity contribution in [2.45, 2.75) is 37.9 Å². The first-order valence-electron chi connectivity index (χ1n) is 9.33. The summed E-state index contributed by atoms with van der Waals surface area (Å²) in [4.78, 5) is 38.2. The first kappa shape index (κ1) is 20.1. The van der Waals surface area contributed by atoms with Gasteiger partial charge in [0, 0.05) is 19.4 Å². The zero-order chi connectivity index (χ0) is 20.8. The Balaban J connectivity index is 1.68. The van der Waals surface area contributed by atoms with Crippen LogP contribution in [-0.2, 0) is 27.3 Å². The second kappa shape index (κ2) is 9.02. The smallest absolute Gasteiger partial charge is 0.326 e. The molecule has 0 radical (unpaired) electrons. The number of carbonyl (C=O) groups excluding carboxylic acids is 2. The van der Waals surface area contributed by atoms with E-state index in [1.54, 1.807) is 24.3 Å². The Hall–Kier alpha value is -3.66. The van der Waals surface area contributed by atoms with Crippen LogP contribution in [0.2, 0.25) is 0 Å². The summed E-state index contributed by atoms with van der Waals surface area (Å²) in [6.45, 7) is 0.311. The third-order valence-corrected chi connectivity index (χ3v) is 4.96. The van der Waals surface area contributed by atoms with E-state index in [4.69, 9.17) is 5.26 Å². The van der Waals surface area contributed by atoms with Gasteiger partial charge in [-0.1, -0.05) is 42.5 Å². The van der Waals surface area contributed by atoms with Gasteiger partial charge in [-0.05, 0) is 29.7 Å². The van der Waals surface area contributed by atoms with E-state index in [1.165, 1.54) is 4.90 Å². The summed E-state index contributed by atoms with van der Waals surface area (Å²) in [7, 11) is 0. The number of carboxylic acid groups (broad SMARTS) is 1. The molecule has 3 rings (SSSR count). The van der Waals surface area contributed by atoms with E-state index in [2.05, 4.69) is 5.32 Å². The highest BCUT2D eigenvalue weighted by Crippen LogP contribution is 2.22. The van der Waals surface area contributed by atoms with Crippen LogP contribution in [0.5, 0.6) is 0 Å². The fraction of sp³-hybridized carbons (Fsp3) is 0.273. The third-order valence-electron chi connectivity index (χ3n) is 4.96. The molecule has 2 atom stereocenters. The van der Waals surface area contributed by atoms with Crippen molar-refractivity contribution >= 4 is 17.8 Å². The van der Waals surface area contributed by atoms with Gasteiger partial charge < -0.3 is 15.3 Å². The number of aliphatic carboxylic acids is 1. The Morgan fingerprint density at radius 1 is 1.14 bits per heavy atom. The average molecular weight is 391 g/mol. The lowest BCUT2D eigenvalue weighted by Gasteiger charge is -2.25. The van der Waals surface area contributed by atoms with Crippen LogP contribution >= 0.6 is 0 Å². The molecule has 0 aromatic heterocycles. The van der Waals surface area contributed by atoms with Crippen LogP contribution in [0.4, 0.5) is 0 Å². The molecule has 1 aliphatic heterocycles. The van der Waals surface area contributed by atoms with E-state index < -0.39 is 24.0 Å². The number of likely N-dealkylation sites (tertiary alicyclic amines) is 1. The second-order valence-corrected chi connectivity index (χ2v) is 6.97. The van der Waals surface area contributed by atoms with Gasteiger partial charge in [0.15, 0.2) is 0 Å². The lowest BCUT2D eigenvalue weighted by Crippen LogP contribution is -2.50. The Morgan fingerprint density at radius 3 is 2.45 bits per heavy atom. The van der Waals surface area contributed by atoms with Crippen molar-refractivity contribution in [2.24, 2.45) is 0 Å². The topological polar surface area (TPSA) is 111 Å². The van der Waals surface area contributed by atoms with E-state index in [-0.39, 0.29) is 18.7 Å². The maximum absolute atomic E-state index is 12.8. The molecule has 7 nitrogen and oxygen atoms in total. The zero-order valence-corrected chi connectivity index (χ0v) is 15.7. The van der Waals surface area contributed by atoms with Gasteiger partial charge in [-0.15, -0.1) is 0 Å². The lowest BCUT2D eigenvalue weighted by atomic mass is 10.0. The first-order valence-corrected chi connectivity index (χ1v) is 9.33. The van der Waals surface area contributed by atoms with Crippen LogP contribution in [0, 0.1) is 11.3 Å². The zero-order valence-electron chi connectivity index (χ0n) is 15.7. The molecule has 7 heteroatoms. The van der Waals surface area contributed by atoms with Crippen molar-refractivity contribution in [3.05, 3.63) is 71.3 Å². The van der Waals surface area contributed by atoms with Crippen molar-refractivity contribution in [3.63, 3.8) is 0 Å². The van der Waals surface area contributed by atoms with Gasteiger partial charge in [-0.25, -0.2) is 4.79 Å². The molecule has 148 valence electrons. The number of hydrogen-bond donors (Lipinski definition) is 2. The molecule has 1 heterocycles. The number of nitrogens with one attached hydrogen (secondary N) is 1. The van der Waals surface area contributed by atoms with Gasteiger partial charge in [0.25, 0.3) is 0 Å². The summed E-state index contributed by atoms with van der Waals surface area (Å²) in [6, 6.07) is 16.1. The molecule has 2 N–H and O–H groups in total. The minimum absolute atomic E-state index is 0.0894. The van der Waals surface area contributed by atoms with Gasteiger partial charge in [-0.3, -0.25) is 9.59 Å². The molecule has 0 aliphatic carbocycles. The highest BCUT2D eigenvalue weighted by molar-refractivity contribution is 5.93. The fourth-order valence-corrected chi connectivity index (χ4v) is 3.40. The van der Waals surface area contributed by atoms with Crippen LogP contribution in [0.3, 0.4) is 0 Å². The highest BCUT2D eigenvalue weighted by Gasteiger charge is 2.37. The van der Waals surface area contributed by atoms with Crippen LogP contribution < -0.4 is 5.32 Å². The predicted octanol–water partition coefficient (Wildman–Crippen LogP) is 1.86. The van der Waals surface area contributed by atoms with Crippen molar-refractivity contribution < 1.29 is 19.5 Å². The molecular formula is C22H21N3O4. The van der Waals surface area contributed by atoms with E-state index in [0.29, 0.717) is 24.1 Å². The summed E-state index contributed by atoms with van der Waals surface area (Å²) in [5, 5.41) is 21.0. The molecular weight excluding hydrogens is 370 g/mol. The Kier molecular flexibility index (Phi) is 6.25. The predicted molar refractivity (Wildman–Crippen MR) is 104 cm³/mol. The van der Waals surface area contributed by atoms with Gasteiger partial charge >= 0.3 is 5.97 Å². The lowest BCUT2D eigenvalue weighted by molar-refractivity contribution is -0.143. The summed E-state index contributed by atoms with van der Waals surface area (Å²) in [6.07, 6.45) is 0.713. The molecule has 1 saturated heterocycles. The first-order chi connectivity index (χ1) is 14.0. The monoisotopic (exact) mass is 391 g/mol. The van der Waals surface area contributed by atoms with Crippen LogP contribution in [-0.4, -0.2) is 39.9 Å². The SMILES string of the molecule is N#Cc1ccc(C[C@H](NC(=O)[C@@H]2CCC(=O)N2Cc2ccccc2)C(=O)O)cc1. The third kappa shape index (κ3) is 4.99. The number of rotatable bonds is 7. The maximum atomic E-state index is 12.8. The summed E-state index contributed by atoms with van der Waals surface area (Å²) < 4.78 is 0. The number of carbonyl (C=O) groups is 3. The van der Waals surface area contributed by atoms with Crippen molar-refractivity contribution in [1.29, 1.82) is 5.26 Å². The Labute approximate surface area is 168 Å².